The third-order valence-electron chi connectivity index (χ3n) is 4.24. The third kappa shape index (κ3) is 5.71. The molecule has 1 saturated heterocycles. The van der Waals surface area contributed by atoms with Gasteiger partial charge in [0.2, 0.25) is 0 Å². The second kappa shape index (κ2) is 7.11. The van der Waals surface area contributed by atoms with E-state index >= 15 is 0 Å². The van der Waals surface area contributed by atoms with Crippen molar-refractivity contribution in [3.05, 3.63) is 35.9 Å². The Morgan fingerprint density at radius 3 is 2.59 bits per heavy atom. The number of ether oxygens (including phenoxy) is 1. The van der Waals surface area contributed by atoms with Gasteiger partial charge in [-0.25, -0.2) is 0 Å². The molecule has 0 radical (unpaired) electrons. The summed E-state index contributed by atoms with van der Waals surface area (Å²) in [5.41, 5.74) is 1.07. The fraction of sp³-hybridized carbons (Fsp3) is 0.647. The van der Waals surface area contributed by atoms with E-state index in [0.29, 0.717) is 5.92 Å². The molecule has 0 amide bonds. The van der Waals surface area contributed by atoms with Gasteiger partial charge in [0, 0.05) is 6.61 Å². The molecule has 2 unspecified atom stereocenters. The standard InChI is InChI=1S/C17H26O4S/c1-17(2)12-15(9-10-20-17)16(13-21-22(3,18)19)11-14-7-5-4-6-8-14/h4-8,15-16H,9-13H2,1-3H3. The van der Waals surface area contributed by atoms with E-state index in [1.807, 2.05) is 18.2 Å². The van der Waals surface area contributed by atoms with Crippen molar-refractivity contribution in [1.82, 2.24) is 0 Å². The molecule has 1 aliphatic heterocycles. The molecule has 0 bridgehead atoms. The zero-order valence-electron chi connectivity index (χ0n) is 13.6. The molecular weight excluding hydrogens is 300 g/mol. The first-order valence-corrected chi connectivity index (χ1v) is 9.59. The lowest BCUT2D eigenvalue weighted by Gasteiger charge is -2.39. The summed E-state index contributed by atoms with van der Waals surface area (Å²) in [6, 6.07) is 10.2. The molecule has 1 aromatic carbocycles. The topological polar surface area (TPSA) is 52.6 Å². The van der Waals surface area contributed by atoms with Crippen molar-refractivity contribution in [3.8, 4) is 0 Å². The molecule has 22 heavy (non-hydrogen) atoms. The second-order valence-corrected chi connectivity index (χ2v) is 8.44. The van der Waals surface area contributed by atoms with E-state index in [1.165, 1.54) is 5.56 Å². The Morgan fingerprint density at radius 2 is 2.00 bits per heavy atom. The van der Waals surface area contributed by atoms with Crippen LogP contribution in [0.1, 0.15) is 32.3 Å². The lowest BCUT2D eigenvalue weighted by atomic mass is 9.77. The van der Waals surface area contributed by atoms with Gasteiger partial charge >= 0.3 is 0 Å². The van der Waals surface area contributed by atoms with E-state index in [4.69, 9.17) is 8.92 Å². The molecule has 1 aliphatic rings. The first kappa shape index (κ1) is 17.4. The maximum absolute atomic E-state index is 11.4. The summed E-state index contributed by atoms with van der Waals surface area (Å²) in [6.07, 6.45) is 3.82. The predicted octanol–water partition coefficient (Wildman–Crippen LogP) is 3.03. The smallest absolute Gasteiger partial charge is 0.264 e. The molecule has 4 nitrogen and oxygen atoms in total. The van der Waals surface area contributed by atoms with Crippen LogP contribution in [0.3, 0.4) is 0 Å². The largest absolute Gasteiger partial charge is 0.376 e. The Kier molecular flexibility index (Phi) is 5.64. The summed E-state index contributed by atoms with van der Waals surface area (Å²) in [5.74, 6) is 0.589. The fourth-order valence-corrected chi connectivity index (χ4v) is 3.59. The average molecular weight is 326 g/mol. The van der Waals surface area contributed by atoms with Crippen LogP contribution in [0.5, 0.6) is 0 Å². The van der Waals surface area contributed by atoms with Crippen LogP contribution in [0.25, 0.3) is 0 Å². The molecule has 0 aliphatic carbocycles. The molecule has 124 valence electrons. The highest BCUT2D eigenvalue weighted by atomic mass is 32.2. The van der Waals surface area contributed by atoms with Crippen LogP contribution in [-0.4, -0.2) is 33.5 Å². The molecule has 0 aromatic heterocycles. The van der Waals surface area contributed by atoms with Crippen molar-refractivity contribution in [2.24, 2.45) is 11.8 Å². The summed E-state index contributed by atoms with van der Waals surface area (Å²) in [4.78, 5) is 0. The van der Waals surface area contributed by atoms with Crippen LogP contribution in [0.2, 0.25) is 0 Å². The van der Waals surface area contributed by atoms with Crippen LogP contribution in [-0.2, 0) is 25.5 Å². The van der Waals surface area contributed by atoms with Crippen LogP contribution < -0.4 is 0 Å². The zero-order valence-corrected chi connectivity index (χ0v) is 14.4. The average Bonchev–Trinajstić information content (AvgIpc) is 2.42. The lowest BCUT2D eigenvalue weighted by Crippen LogP contribution is -2.38. The molecular formula is C17H26O4S. The maximum Gasteiger partial charge on any atom is 0.264 e. The predicted molar refractivity (Wildman–Crippen MR) is 87.2 cm³/mol. The van der Waals surface area contributed by atoms with E-state index in [-0.39, 0.29) is 18.1 Å². The van der Waals surface area contributed by atoms with Gasteiger partial charge in [-0.15, -0.1) is 0 Å². The Labute approximate surface area is 134 Å². The van der Waals surface area contributed by atoms with Gasteiger partial charge < -0.3 is 4.74 Å². The summed E-state index contributed by atoms with van der Waals surface area (Å²) in [7, 11) is -3.41. The first-order valence-electron chi connectivity index (χ1n) is 7.77. The molecule has 2 atom stereocenters. The maximum atomic E-state index is 11.4. The second-order valence-electron chi connectivity index (χ2n) is 6.80. The van der Waals surface area contributed by atoms with Crippen LogP contribution >= 0.6 is 0 Å². The van der Waals surface area contributed by atoms with Crippen molar-refractivity contribution in [3.63, 3.8) is 0 Å². The van der Waals surface area contributed by atoms with E-state index in [1.54, 1.807) is 0 Å². The summed E-state index contributed by atoms with van der Waals surface area (Å²) >= 11 is 0. The van der Waals surface area contributed by atoms with Gasteiger partial charge in [-0.2, -0.15) is 8.42 Å². The van der Waals surface area contributed by atoms with E-state index in [2.05, 4.69) is 26.0 Å². The number of hydrogen-bond donors (Lipinski definition) is 0. The molecule has 1 heterocycles. The SMILES string of the molecule is CC1(C)CC(C(COS(C)(=O)=O)Cc2ccccc2)CCO1. The van der Waals surface area contributed by atoms with Gasteiger partial charge in [0.25, 0.3) is 10.1 Å². The minimum Gasteiger partial charge on any atom is -0.376 e. The highest BCUT2D eigenvalue weighted by Crippen LogP contribution is 2.35. The van der Waals surface area contributed by atoms with Crippen LogP contribution in [0.15, 0.2) is 30.3 Å². The van der Waals surface area contributed by atoms with Gasteiger partial charge in [-0.05, 0) is 50.5 Å². The van der Waals surface area contributed by atoms with Crippen molar-refractivity contribution >= 4 is 10.1 Å². The van der Waals surface area contributed by atoms with Gasteiger partial charge in [0.15, 0.2) is 0 Å². The van der Waals surface area contributed by atoms with Crippen LogP contribution in [0, 0.1) is 11.8 Å². The van der Waals surface area contributed by atoms with E-state index in [9.17, 15) is 8.42 Å². The number of rotatable bonds is 6. The summed E-state index contributed by atoms with van der Waals surface area (Å²) in [6.45, 7) is 5.16. The Balaban J connectivity index is 2.10. The molecule has 5 heteroatoms. The Morgan fingerprint density at radius 1 is 1.32 bits per heavy atom. The molecule has 0 spiro atoms. The molecule has 0 N–H and O–H groups in total. The molecule has 1 fully saturated rings. The normalized spacial score (nSPS) is 23.1. The van der Waals surface area contributed by atoms with Gasteiger partial charge in [-0.3, -0.25) is 4.18 Å². The highest BCUT2D eigenvalue weighted by Gasteiger charge is 2.34. The van der Waals surface area contributed by atoms with Crippen LogP contribution in [0.4, 0.5) is 0 Å². The molecule has 2 rings (SSSR count). The third-order valence-corrected chi connectivity index (χ3v) is 4.80. The zero-order chi connectivity index (χ0) is 16.2. The van der Waals surface area contributed by atoms with Crippen molar-refractivity contribution in [1.29, 1.82) is 0 Å². The van der Waals surface area contributed by atoms with Gasteiger partial charge in [-0.1, -0.05) is 30.3 Å². The quantitative estimate of drug-likeness (QED) is 0.754. The number of benzene rings is 1. The molecule has 1 aromatic rings. The highest BCUT2D eigenvalue weighted by molar-refractivity contribution is 7.85. The van der Waals surface area contributed by atoms with Crippen molar-refractivity contribution < 1.29 is 17.3 Å². The Hall–Kier alpha value is -0.910. The van der Waals surface area contributed by atoms with Crippen molar-refractivity contribution in [2.75, 3.05) is 19.5 Å². The Bertz CT molecular complexity index is 566. The minimum atomic E-state index is -3.41. The minimum absolute atomic E-state index is 0.150. The monoisotopic (exact) mass is 326 g/mol. The summed E-state index contributed by atoms with van der Waals surface area (Å²) in [5, 5.41) is 0. The summed E-state index contributed by atoms with van der Waals surface area (Å²) < 4.78 is 33.6. The fourth-order valence-electron chi connectivity index (χ4n) is 3.17. The van der Waals surface area contributed by atoms with E-state index in [0.717, 1.165) is 32.1 Å². The van der Waals surface area contributed by atoms with Gasteiger partial charge in [0.05, 0.1) is 18.5 Å². The van der Waals surface area contributed by atoms with Crippen molar-refractivity contribution in [2.45, 2.75) is 38.7 Å². The first-order chi connectivity index (χ1) is 10.3. The molecule has 0 saturated carbocycles. The van der Waals surface area contributed by atoms with E-state index < -0.39 is 10.1 Å². The lowest BCUT2D eigenvalue weighted by molar-refractivity contribution is -0.0851. The number of hydrogen-bond acceptors (Lipinski definition) is 4. The van der Waals surface area contributed by atoms with Gasteiger partial charge in [0.1, 0.15) is 0 Å².